The van der Waals surface area contributed by atoms with Crippen molar-refractivity contribution in [1.82, 2.24) is 0 Å². The SMILES string of the molecule is CCC(C)C(=O)Oc1cc(C(=O)OC(C)(C)C2CCCC2)cc(C(=O)OC(C)(C)C2CCCC2)c1. The lowest BCUT2D eigenvalue weighted by molar-refractivity contribution is -0.138. The molecular weight excluding hydrogens is 444 g/mol. The van der Waals surface area contributed by atoms with Gasteiger partial charge in [0.05, 0.1) is 17.0 Å². The molecule has 6 heteroatoms. The number of carbonyl (C=O) groups excluding carboxylic acids is 3. The maximum atomic E-state index is 13.2. The Bertz CT molecular complexity index is 859. The Hall–Kier alpha value is -2.37. The van der Waals surface area contributed by atoms with E-state index in [9.17, 15) is 14.4 Å². The zero-order valence-corrected chi connectivity index (χ0v) is 22.3. The average Bonchev–Trinajstić information content (AvgIpc) is 3.52. The van der Waals surface area contributed by atoms with Gasteiger partial charge in [-0.3, -0.25) is 4.79 Å². The van der Waals surface area contributed by atoms with E-state index in [1.807, 2.05) is 34.6 Å². The molecule has 2 saturated carbocycles. The van der Waals surface area contributed by atoms with Gasteiger partial charge in [-0.2, -0.15) is 0 Å². The van der Waals surface area contributed by atoms with E-state index in [0.717, 1.165) is 51.4 Å². The molecule has 2 fully saturated rings. The minimum absolute atomic E-state index is 0.147. The second-order valence-corrected chi connectivity index (χ2v) is 11.4. The third kappa shape index (κ3) is 6.86. The molecule has 0 spiro atoms. The van der Waals surface area contributed by atoms with Crippen LogP contribution in [-0.4, -0.2) is 29.1 Å². The molecule has 2 aliphatic rings. The minimum atomic E-state index is -0.623. The summed E-state index contributed by atoms with van der Waals surface area (Å²) in [5, 5.41) is 0. The van der Waals surface area contributed by atoms with Crippen molar-refractivity contribution in [2.75, 3.05) is 0 Å². The molecule has 0 amide bonds. The molecule has 0 aliphatic heterocycles. The van der Waals surface area contributed by atoms with Crippen LogP contribution in [-0.2, 0) is 14.3 Å². The predicted octanol–water partition coefficient (Wildman–Crippen LogP) is 6.89. The smallest absolute Gasteiger partial charge is 0.338 e. The maximum Gasteiger partial charge on any atom is 0.338 e. The van der Waals surface area contributed by atoms with Gasteiger partial charge in [-0.1, -0.05) is 39.5 Å². The monoisotopic (exact) mass is 486 g/mol. The Labute approximate surface area is 210 Å². The van der Waals surface area contributed by atoms with Crippen molar-refractivity contribution in [3.05, 3.63) is 29.3 Å². The van der Waals surface area contributed by atoms with Crippen LogP contribution in [0.15, 0.2) is 18.2 Å². The zero-order chi connectivity index (χ0) is 25.8. The van der Waals surface area contributed by atoms with Crippen molar-refractivity contribution in [3.8, 4) is 5.75 Å². The third-order valence-corrected chi connectivity index (χ3v) is 8.00. The molecule has 6 nitrogen and oxygen atoms in total. The van der Waals surface area contributed by atoms with Crippen LogP contribution in [0.4, 0.5) is 0 Å². The topological polar surface area (TPSA) is 78.9 Å². The Morgan fingerprint density at radius 3 is 1.57 bits per heavy atom. The summed E-state index contributed by atoms with van der Waals surface area (Å²) in [5.74, 6) is -1.03. The van der Waals surface area contributed by atoms with Crippen LogP contribution >= 0.6 is 0 Å². The van der Waals surface area contributed by atoms with Crippen molar-refractivity contribution in [2.24, 2.45) is 17.8 Å². The van der Waals surface area contributed by atoms with Crippen LogP contribution in [0.25, 0.3) is 0 Å². The number of esters is 3. The highest BCUT2D eigenvalue weighted by Gasteiger charge is 2.37. The van der Waals surface area contributed by atoms with E-state index in [-0.39, 0.29) is 22.8 Å². The van der Waals surface area contributed by atoms with Crippen molar-refractivity contribution < 1.29 is 28.6 Å². The normalized spacial score (nSPS) is 18.3. The first-order valence-corrected chi connectivity index (χ1v) is 13.3. The lowest BCUT2D eigenvalue weighted by Gasteiger charge is -2.32. The van der Waals surface area contributed by atoms with Crippen molar-refractivity contribution in [3.63, 3.8) is 0 Å². The molecule has 2 aliphatic carbocycles. The van der Waals surface area contributed by atoms with E-state index in [2.05, 4.69) is 0 Å². The highest BCUT2D eigenvalue weighted by molar-refractivity contribution is 5.96. The second kappa shape index (κ2) is 11.1. The quantitative estimate of drug-likeness (QED) is 0.279. The molecule has 3 rings (SSSR count). The van der Waals surface area contributed by atoms with Gasteiger partial charge in [-0.25, -0.2) is 9.59 Å². The molecule has 0 aromatic heterocycles. The van der Waals surface area contributed by atoms with Gasteiger partial charge in [0.25, 0.3) is 0 Å². The van der Waals surface area contributed by atoms with Crippen LogP contribution in [0, 0.1) is 17.8 Å². The molecule has 1 aromatic rings. The van der Waals surface area contributed by atoms with E-state index >= 15 is 0 Å². The molecule has 35 heavy (non-hydrogen) atoms. The second-order valence-electron chi connectivity index (χ2n) is 11.4. The minimum Gasteiger partial charge on any atom is -0.456 e. The predicted molar refractivity (Wildman–Crippen MR) is 134 cm³/mol. The molecule has 0 heterocycles. The number of benzene rings is 1. The standard InChI is InChI=1S/C29H42O6/c1-7-19(2)25(30)33-24-17-20(26(31)34-28(3,4)22-12-8-9-13-22)16-21(18-24)27(32)35-29(5,6)23-14-10-11-15-23/h16-19,22-23H,7-15H2,1-6H3. The third-order valence-electron chi connectivity index (χ3n) is 8.00. The fraction of sp³-hybridized carbons (Fsp3) is 0.690. The molecule has 1 aromatic carbocycles. The van der Waals surface area contributed by atoms with E-state index in [4.69, 9.17) is 14.2 Å². The summed E-state index contributed by atoms with van der Waals surface area (Å²) in [5.41, 5.74) is -0.892. The molecule has 0 N–H and O–H groups in total. The summed E-state index contributed by atoms with van der Waals surface area (Å²) >= 11 is 0. The molecule has 0 saturated heterocycles. The van der Waals surface area contributed by atoms with Gasteiger partial charge in [0.1, 0.15) is 17.0 Å². The Morgan fingerprint density at radius 1 is 0.800 bits per heavy atom. The van der Waals surface area contributed by atoms with Gasteiger partial charge in [-0.15, -0.1) is 0 Å². The van der Waals surface area contributed by atoms with Crippen LogP contribution in [0.2, 0.25) is 0 Å². The summed E-state index contributed by atoms with van der Waals surface area (Å²) in [6.45, 7) is 11.4. The van der Waals surface area contributed by atoms with E-state index in [1.54, 1.807) is 6.92 Å². The van der Waals surface area contributed by atoms with Crippen LogP contribution in [0.1, 0.15) is 120 Å². The Morgan fingerprint density at radius 2 is 1.20 bits per heavy atom. The zero-order valence-electron chi connectivity index (χ0n) is 22.3. The molecule has 194 valence electrons. The van der Waals surface area contributed by atoms with Gasteiger partial charge in [0.15, 0.2) is 0 Å². The summed E-state index contributed by atoms with van der Waals surface area (Å²) in [7, 11) is 0. The number of rotatable bonds is 9. The Kier molecular flexibility index (Phi) is 8.66. The number of ether oxygens (including phenoxy) is 3. The number of hydrogen-bond acceptors (Lipinski definition) is 6. The molecule has 1 atom stereocenters. The van der Waals surface area contributed by atoms with Crippen LogP contribution in [0.3, 0.4) is 0 Å². The van der Waals surface area contributed by atoms with E-state index in [1.165, 1.54) is 18.2 Å². The fourth-order valence-corrected chi connectivity index (χ4v) is 5.28. The average molecular weight is 487 g/mol. The van der Waals surface area contributed by atoms with Crippen molar-refractivity contribution in [1.29, 1.82) is 0 Å². The van der Waals surface area contributed by atoms with Gasteiger partial charge in [0, 0.05) is 0 Å². The van der Waals surface area contributed by atoms with Crippen LogP contribution in [0.5, 0.6) is 5.75 Å². The Balaban J connectivity index is 1.86. The van der Waals surface area contributed by atoms with Crippen molar-refractivity contribution in [2.45, 2.75) is 111 Å². The molecular formula is C29H42O6. The highest BCUT2D eigenvalue weighted by Crippen LogP contribution is 2.38. The molecule has 0 radical (unpaired) electrons. The van der Waals surface area contributed by atoms with Crippen LogP contribution < -0.4 is 4.74 Å². The van der Waals surface area contributed by atoms with Gasteiger partial charge in [-0.05, 0) is 89.8 Å². The molecule has 0 bridgehead atoms. The summed E-state index contributed by atoms with van der Waals surface area (Å²) in [6.07, 6.45) is 9.29. The molecule has 1 unspecified atom stereocenters. The van der Waals surface area contributed by atoms with Gasteiger partial charge < -0.3 is 14.2 Å². The number of hydrogen-bond donors (Lipinski definition) is 0. The summed E-state index contributed by atoms with van der Waals surface area (Å²) < 4.78 is 17.4. The van der Waals surface area contributed by atoms with E-state index < -0.39 is 29.1 Å². The van der Waals surface area contributed by atoms with Gasteiger partial charge in [0.2, 0.25) is 0 Å². The summed E-state index contributed by atoms with van der Waals surface area (Å²) in [6, 6.07) is 4.44. The first-order chi connectivity index (χ1) is 16.4. The highest BCUT2D eigenvalue weighted by atomic mass is 16.6. The number of carbonyl (C=O) groups is 3. The lowest BCUT2D eigenvalue weighted by atomic mass is 9.89. The largest absolute Gasteiger partial charge is 0.456 e. The maximum absolute atomic E-state index is 13.2. The summed E-state index contributed by atoms with van der Waals surface area (Å²) in [4.78, 5) is 38.9. The van der Waals surface area contributed by atoms with Crippen molar-refractivity contribution >= 4 is 17.9 Å². The fourth-order valence-electron chi connectivity index (χ4n) is 5.28. The first kappa shape index (κ1) is 27.2. The van der Waals surface area contributed by atoms with E-state index in [0.29, 0.717) is 18.3 Å². The first-order valence-electron chi connectivity index (χ1n) is 13.3. The lowest BCUT2D eigenvalue weighted by Crippen LogP contribution is -2.36. The van der Waals surface area contributed by atoms with Gasteiger partial charge >= 0.3 is 17.9 Å².